The van der Waals surface area contributed by atoms with Gasteiger partial charge in [0.2, 0.25) is 5.91 Å². The average Bonchev–Trinajstić information content (AvgIpc) is 3.24. The zero-order valence-electron chi connectivity index (χ0n) is 13.4. The van der Waals surface area contributed by atoms with Gasteiger partial charge in [0, 0.05) is 19.0 Å². The highest BCUT2D eigenvalue weighted by Gasteiger charge is 2.27. The molecular formula is C18H21N3O2. The number of hydrogen-bond donors (Lipinski definition) is 0. The first-order valence-electron chi connectivity index (χ1n) is 8.33. The molecule has 0 N–H and O–H groups in total. The molecule has 5 nitrogen and oxygen atoms in total. The lowest BCUT2D eigenvalue weighted by molar-refractivity contribution is -0.116. The van der Waals surface area contributed by atoms with Crippen molar-refractivity contribution in [2.45, 2.75) is 45.3 Å². The molecule has 2 aromatic rings. The molecule has 23 heavy (non-hydrogen) atoms. The van der Waals surface area contributed by atoms with Crippen LogP contribution in [-0.4, -0.2) is 28.3 Å². The normalized spacial score (nSPS) is 17.5. The summed E-state index contributed by atoms with van der Waals surface area (Å²) in [6.45, 7) is 3.06. The van der Waals surface area contributed by atoms with E-state index in [-0.39, 0.29) is 5.91 Å². The van der Waals surface area contributed by atoms with Crippen molar-refractivity contribution in [3.05, 3.63) is 30.5 Å². The number of fused-ring (bicyclic) bond motifs is 1. The zero-order chi connectivity index (χ0) is 15.8. The second-order valence-electron chi connectivity index (χ2n) is 6.33. The molecular weight excluding hydrogens is 290 g/mol. The highest BCUT2D eigenvalue weighted by Crippen LogP contribution is 2.36. The van der Waals surface area contributed by atoms with Crippen molar-refractivity contribution < 1.29 is 9.53 Å². The molecule has 0 radical (unpaired) electrons. The molecule has 1 aromatic heterocycles. The summed E-state index contributed by atoms with van der Waals surface area (Å²) in [6.07, 6.45) is 7.00. The summed E-state index contributed by atoms with van der Waals surface area (Å²) in [7, 11) is 0. The van der Waals surface area contributed by atoms with Crippen LogP contribution in [-0.2, 0) is 11.3 Å². The van der Waals surface area contributed by atoms with Gasteiger partial charge in [0.1, 0.15) is 11.6 Å². The summed E-state index contributed by atoms with van der Waals surface area (Å²) >= 11 is 0. The highest BCUT2D eigenvalue weighted by molar-refractivity contribution is 5.96. The minimum atomic E-state index is 0.0591. The van der Waals surface area contributed by atoms with Crippen molar-refractivity contribution in [3.8, 4) is 16.9 Å². The number of benzene rings is 1. The zero-order valence-corrected chi connectivity index (χ0v) is 13.4. The number of aromatic nitrogens is 2. The standard InChI is InChI=1S/C18H21N3O2/c1-13(22)20-9-10-21-18(20)17(12-19-21)14-5-4-8-16(11-14)23-15-6-2-3-7-15/h4-5,8,11-12,15H,2-3,6-7,9-10H2,1H3. The number of rotatable bonds is 3. The van der Waals surface area contributed by atoms with Crippen molar-refractivity contribution in [1.29, 1.82) is 0 Å². The number of anilines is 1. The van der Waals surface area contributed by atoms with Gasteiger partial charge in [-0.15, -0.1) is 0 Å². The Morgan fingerprint density at radius 3 is 2.87 bits per heavy atom. The van der Waals surface area contributed by atoms with Crippen molar-refractivity contribution in [2.24, 2.45) is 0 Å². The third kappa shape index (κ3) is 2.60. The van der Waals surface area contributed by atoms with Crippen LogP contribution in [0.2, 0.25) is 0 Å². The topological polar surface area (TPSA) is 47.4 Å². The maximum atomic E-state index is 11.8. The van der Waals surface area contributed by atoms with Crippen LogP contribution < -0.4 is 9.64 Å². The van der Waals surface area contributed by atoms with Crippen molar-refractivity contribution in [3.63, 3.8) is 0 Å². The van der Waals surface area contributed by atoms with Gasteiger partial charge in [-0.3, -0.25) is 9.69 Å². The number of hydrogen-bond acceptors (Lipinski definition) is 3. The van der Waals surface area contributed by atoms with E-state index in [1.165, 1.54) is 12.8 Å². The largest absolute Gasteiger partial charge is 0.490 e. The maximum Gasteiger partial charge on any atom is 0.225 e. The Kier molecular flexibility index (Phi) is 3.56. The minimum Gasteiger partial charge on any atom is -0.490 e. The molecule has 1 aliphatic carbocycles. The Hall–Kier alpha value is -2.30. The Balaban J connectivity index is 1.65. The van der Waals surface area contributed by atoms with Crippen LogP contribution in [0, 0.1) is 0 Å². The van der Waals surface area contributed by atoms with Crippen molar-refractivity contribution in [2.75, 3.05) is 11.4 Å². The van der Waals surface area contributed by atoms with Crippen molar-refractivity contribution >= 4 is 11.7 Å². The quantitative estimate of drug-likeness (QED) is 0.874. The van der Waals surface area contributed by atoms with E-state index in [4.69, 9.17) is 4.74 Å². The van der Waals surface area contributed by atoms with Gasteiger partial charge in [-0.2, -0.15) is 5.10 Å². The third-order valence-corrected chi connectivity index (χ3v) is 4.73. The van der Waals surface area contributed by atoms with Crippen LogP contribution in [0.5, 0.6) is 5.75 Å². The van der Waals surface area contributed by atoms with Crippen LogP contribution in [0.1, 0.15) is 32.6 Å². The Labute approximate surface area is 135 Å². The van der Waals surface area contributed by atoms with Crippen LogP contribution in [0.4, 0.5) is 5.82 Å². The van der Waals surface area contributed by atoms with E-state index >= 15 is 0 Å². The summed E-state index contributed by atoms with van der Waals surface area (Å²) < 4.78 is 8.00. The smallest absolute Gasteiger partial charge is 0.225 e. The van der Waals surface area contributed by atoms with E-state index in [0.717, 1.165) is 42.1 Å². The fraction of sp³-hybridized carbons (Fsp3) is 0.444. The fourth-order valence-corrected chi connectivity index (χ4v) is 3.57. The van der Waals surface area contributed by atoms with Gasteiger partial charge in [-0.25, -0.2) is 4.68 Å². The minimum absolute atomic E-state index is 0.0591. The first-order valence-corrected chi connectivity index (χ1v) is 8.33. The monoisotopic (exact) mass is 311 g/mol. The van der Waals surface area contributed by atoms with Crippen LogP contribution >= 0.6 is 0 Å². The third-order valence-electron chi connectivity index (χ3n) is 4.73. The highest BCUT2D eigenvalue weighted by atomic mass is 16.5. The van der Waals surface area contributed by atoms with Gasteiger partial charge in [0.25, 0.3) is 0 Å². The lowest BCUT2D eigenvalue weighted by Crippen LogP contribution is -2.26. The lowest BCUT2D eigenvalue weighted by Gasteiger charge is -2.16. The molecule has 4 rings (SSSR count). The van der Waals surface area contributed by atoms with E-state index in [0.29, 0.717) is 12.6 Å². The summed E-state index contributed by atoms with van der Waals surface area (Å²) in [4.78, 5) is 13.6. The first-order chi connectivity index (χ1) is 11.2. The summed E-state index contributed by atoms with van der Waals surface area (Å²) in [5, 5.41) is 4.42. The molecule has 0 bridgehead atoms. The van der Waals surface area contributed by atoms with Crippen LogP contribution in [0.15, 0.2) is 30.5 Å². The second kappa shape index (κ2) is 5.72. The molecule has 120 valence electrons. The summed E-state index contributed by atoms with van der Waals surface area (Å²) in [6, 6.07) is 8.13. The van der Waals surface area contributed by atoms with Gasteiger partial charge in [-0.05, 0) is 43.4 Å². The van der Waals surface area contributed by atoms with Gasteiger partial charge in [0.05, 0.1) is 18.8 Å². The van der Waals surface area contributed by atoms with Crippen LogP contribution in [0.3, 0.4) is 0 Å². The molecule has 5 heteroatoms. The van der Waals surface area contributed by atoms with E-state index in [1.807, 2.05) is 23.0 Å². The summed E-state index contributed by atoms with van der Waals surface area (Å²) in [5.41, 5.74) is 2.05. The number of carbonyl (C=O) groups excluding carboxylic acids is 1. The predicted molar refractivity (Wildman–Crippen MR) is 88.6 cm³/mol. The van der Waals surface area contributed by atoms with Gasteiger partial charge >= 0.3 is 0 Å². The van der Waals surface area contributed by atoms with Crippen LogP contribution in [0.25, 0.3) is 11.1 Å². The molecule has 1 amide bonds. The van der Waals surface area contributed by atoms with E-state index in [9.17, 15) is 4.79 Å². The fourth-order valence-electron chi connectivity index (χ4n) is 3.57. The van der Waals surface area contributed by atoms with Gasteiger partial charge in [-0.1, -0.05) is 12.1 Å². The predicted octanol–water partition coefficient (Wildman–Crippen LogP) is 3.24. The maximum absolute atomic E-state index is 11.8. The molecule has 1 aromatic carbocycles. The Bertz CT molecular complexity index is 732. The first kappa shape index (κ1) is 14.3. The van der Waals surface area contributed by atoms with E-state index in [1.54, 1.807) is 11.8 Å². The molecule has 1 fully saturated rings. The summed E-state index contributed by atoms with van der Waals surface area (Å²) in [5.74, 6) is 1.86. The number of ether oxygens (including phenoxy) is 1. The van der Waals surface area contributed by atoms with Crippen molar-refractivity contribution in [1.82, 2.24) is 9.78 Å². The second-order valence-corrected chi connectivity index (χ2v) is 6.33. The molecule has 0 spiro atoms. The molecule has 2 aliphatic rings. The number of nitrogens with zero attached hydrogens (tertiary/aromatic N) is 3. The van der Waals surface area contributed by atoms with E-state index in [2.05, 4.69) is 17.2 Å². The molecule has 1 saturated carbocycles. The average molecular weight is 311 g/mol. The van der Waals surface area contributed by atoms with Gasteiger partial charge < -0.3 is 4.74 Å². The molecule has 0 unspecified atom stereocenters. The SMILES string of the molecule is CC(=O)N1CCn2ncc(-c3cccc(OC4CCCC4)c3)c21. The molecule has 1 aliphatic heterocycles. The number of carbonyl (C=O) groups is 1. The molecule has 2 heterocycles. The molecule has 0 saturated heterocycles. The Morgan fingerprint density at radius 2 is 2.09 bits per heavy atom. The Morgan fingerprint density at radius 1 is 1.26 bits per heavy atom. The number of amides is 1. The lowest BCUT2D eigenvalue weighted by atomic mass is 10.1. The van der Waals surface area contributed by atoms with Gasteiger partial charge in [0.15, 0.2) is 0 Å². The molecule has 0 atom stereocenters. The van der Waals surface area contributed by atoms with E-state index < -0.39 is 0 Å².